The van der Waals surface area contributed by atoms with Gasteiger partial charge in [0.25, 0.3) is 11.5 Å². The predicted molar refractivity (Wildman–Crippen MR) is 104 cm³/mol. The van der Waals surface area contributed by atoms with E-state index in [9.17, 15) is 9.59 Å². The highest BCUT2D eigenvalue weighted by atomic mass is 16.5. The van der Waals surface area contributed by atoms with Gasteiger partial charge in [-0.3, -0.25) is 9.59 Å². The lowest BCUT2D eigenvalue weighted by Crippen LogP contribution is -2.27. The molecule has 1 aromatic heterocycles. The second-order valence-electron chi connectivity index (χ2n) is 5.77. The molecule has 2 aromatic carbocycles. The Hall–Kier alpha value is -3.35. The van der Waals surface area contributed by atoms with Crippen molar-refractivity contribution in [3.8, 4) is 11.5 Å². The van der Waals surface area contributed by atoms with Crippen LogP contribution in [0.5, 0.6) is 11.5 Å². The van der Waals surface area contributed by atoms with Crippen molar-refractivity contribution in [1.29, 1.82) is 0 Å². The molecule has 0 saturated carbocycles. The van der Waals surface area contributed by atoms with E-state index < -0.39 is 5.91 Å². The van der Waals surface area contributed by atoms with Gasteiger partial charge in [-0.2, -0.15) is 5.10 Å². The van der Waals surface area contributed by atoms with E-state index in [0.717, 1.165) is 0 Å². The molecule has 1 N–H and O–H groups in total. The first kappa shape index (κ1) is 18.4. The van der Waals surface area contributed by atoms with Crippen LogP contribution in [0.3, 0.4) is 0 Å². The van der Waals surface area contributed by atoms with E-state index in [1.807, 2.05) is 13.8 Å². The number of ether oxygens (including phenoxy) is 2. The van der Waals surface area contributed by atoms with Crippen LogP contribution in [0, 0.1) is 0 Å². The van der Waals surface area contributed by atoms with Gasteiger partial charge in [0.15, 0.2) is 17.2 Å². The Morgan fingerprint density at radius 2 is 1.85 bits per heavy atom. The fraction of sp³-hybridized carbons (Fsp3) is 0.250. The van der Waals surface area contributed by atoms with Crippen LogP contribution in [0.25, 0.3) is 10.8 Å². The lowest BCUT2D eigenvalue weighted by Gasteiger charge is -2.13. The van der Waals surface area contributed by atoms with E-state index in [2.05, 4.69) is 10.4 Å². The Bertz CT molecular complexity index is 1040. The molecule has 0 aliphatic carbocycles. The van der Waals surface area contributed by atoms with Gasteiger partial charge in [-0.05, 0) is 32.0 Å². The summed E-state index contributed by atoms with van der Waals surface area (Å²) in [5.74, 6) is 0.715. The zero-order valence-electron chi connectivity index (χ0n) is 15.5. The number of carbonyl (C=O) groups excluding carboxylic acids is 1. The summed E-state index contributed by atoms with van der Waals surface area (Å²) in [7, 11) is 1.54. The summed E-state index contributed by atoms with van der Waals surface area (Å²) in [5.41, 5.74) is 0.521. The van der Waals surface area contributed by atoms with Crippen LogP contribution in [0.15, 0.2) is 47.3 Å². The molecule has 0 radical (unpaired) electrons. The number of aromatic nitrogens is 2. The molecule has 7 nitrogen and oxygen atoms in total. The van der Waals surface area contributed by atoms with Crippen LogP contribution in [0.4, 0.5) is 5.69 Å². The summed E-state index contributed by atoms with van der Waals surface area (Å²) in [4.78, 5) is 25.3. The van der Waals surface area contributed by atoms with Gasteiger partial charge in [0, 0.05) is 23.7 Å². The maximum atomic E-state index is 12.9. The van der Waals surface area contributed by atoms with Crippen LogP contribution in [-0.4, -0.2) is 29.4 Å². The van der Waals surface area contributed by atoms with Crippen molar-refractivity contribution in [2.75, 3.05) is 19.0 Å². The van der Waals surface area contributed by atoms with E-state index in [-0.39, 0.29) is 11.3 Å². The number of benzene rings is 2. The van der Waals surface area contributed by atoms with Gasteiger partial charge in [-0.15, -0.1) is 0 Å². The van der Waals surface area contributed by atoms with Crippen LogP contribution >= 0.6 is 0 Å². The number of amides is 1. The predicted octanol–water partition coefficient (Wildman–Crippen LogP) is 3.08. The summed E-state index contributed by atoms with van der Waals surface area (Å²) < 4.78 is 12.1. The van der Waals surface area contributed by atoms with E-state index >= 15 is 0 Å². The number of rotatable bonds is 6. The minimum atomic E-state index is -0.403. The number of aryl methyl sites for hydroxylation is 1. The first-order chi connectivity index (χ1) is 13.1. The number of anilines is 1. The fourth-order valence-electron chi connectivity index (χ4n) is 2.83. The number of fused-ring (bicyclic) bond motifs is 1. The maximum Gasteiger partial charge on any atom is 0.276 e. The molecule has 0 aliphatic rings. The third-order valence-electron chi connectivity index (χ3n) is 4.10. The molecule has 0 saturated heterocycles. The smallest absolute Gasteiger partial charge is 0.276 e. The number of nitrogens with zero attached hydrogens (tertiary/aromatic N) is 2. The molecular formula is C20H21N3O4. The molecule has 0 unspecified atom stereocenters. The van der Waals surface area contributed by atoms with Crippen LogP contribution in [-0.2, 0) is 6.54 Å². The van der Waals surface area contributed by atoms with E-state index in [1.54, 1.807) is 42.5 Å². The summed E-state index contributed by atoms with van der Waals surface area (Å²) >= 11 is 0. The molecule has 0 aliphatic heterocycles. The highest BCUT2D eigenvalue weighted by Crippen LogP contribution is 2.30. The molecule has 1 heterocycles. The van der Waals surface area contributed by atoms with Gasteiger partial charge >= 0.3 is 0 Å². The maximum absolute atomic E-state index is 12.9. The molecule has 3 aromatic rings. The lowest BCUT2D eigenvalue weighted by atomic mass is 10.1. The van der Waals surface area contributed by atoms with Crippen molar-refractivity contribution >= 4 is 22.4 Å². The molecule has 140 valence electrons. The first-order valence-corrected chi connectivity index (χ1v) is 8.71. The zero-order chi connectivity index (χ0) is 19.4. The Morgan fingerprint density at radius 3 is 2.52 bits per heavy atom. The molecule has 0 spiro atoms. The second kappa shape index (κ2) is 7.90. The van der Waals surface area contributed by atoms with Crippen molar-refractivity contribution in [2.24, 2.45) is 0 Å². The van der Waals surface area contributed by atoms with Gasteiger partial charge in [-0.1, -0.05) is 18.2 Å². The minimum absolute atomic E-state index is 0.194. The van der Waals surface area contributed by atoms with Crippen LogP contribution in [0.1, 0.15) is 24.3 Å². The van der Waals surface area contributed by atoms with E-state index in [4.69, 9.17) is 9.47 Å². The SMILES string of the molecule is CCOc1ccc(NC(=O)c2nn(CC)c(=O)c3ccccc23)cc1OC. The van der Waals surface area contributed by atoms with E-state index in [0.29, 0.717) is 41.1 Å². The largest absolute Gasteiger partial charge is 0.493 e. The van der Waals surface area contributed by atoms with E-state index in [1.165, 1.54) is 11.8 Å². The molecule has 27 heavy (non-hydrogen) atoms. The standard InChI is InChI=1S/C20H21N3O4/c1-4-23-20(25)15-9-7-6-8-14(15)18(22-23)19(24)21-13-10-11-16(27-5-2)17(12-13)26-3/h6-12H,4-5H2,1-3H3,(H,21,24). The van der Waals surface area contributed by atoms with Gasteiger partial charge in [0.2, 0.25) is 0 Å². The average Bonchev–Trinajstić information content (AvgIpc) is 2.69. The summed E-state index contributed by atoms with van der Waals surface area (Å²) in [6.45, 7) is 4.58. The number of methoxy groups -OCH3 is 1. The fourth-order valence-corrected chi connectivity index (χ4v) is 2.83. The van der Waals surface area contributed by atoms with Crippen molar-refractivity contribution in [1.82, 2.24) is 9.78 Å². The average molecular weight is 367 g/mol. The number of hydrogen-bond acceptors (Lipinski definition) is 5. The normalized spacial score (nSPS) is 10.6. The Balaban J connectivity index is 2.00. The summed E-state index contributed by atoms with van der Waals surface area (Å²) in [6.07, 6.45) is 0. The topological polar surface area (TPSA) is 82.5 Å². The number of nitrogens with one attached hydrogen (secondary N) is 1. The van der Waals surface area contributed by atoms with Gasteiger partial charge in [0.05, 0.1) is 19.1 Å². The molecule has 0 fully saturated rings. The minimum Gasteiger partial charge on any atom is -0.493 e. The zero-order valence-corrected chi connectivity index (χ0v) is 15.5. The third-order valence-corrected chi connectivity index (χ3v) is 4.10. The molecule has 0 atom stereocenters. The van der Waals surface area contributed by atoms with Crippen molar-refractivity contribution in [3.05, 3.63) is 58.5 Å². The molecule has 3 rings (SSSR count). The summed E-state index contributed by atoms with van der Waals surface area (Å²) in [5, 5.41) is 8.03. The van der Waals surface area contributed by atoms with Gasteiger partial charge < -0.3 is 14.8 Å². The van der Waals surface area contributed by atoms with Crippen molar-refractivity contribution in [2.45, 2.75) is 20.4 Å². The van der Waals surface area contributed by atoms with Gasteiger partial charge in [0.1, 0.15) is 0 Å². The van der Waals surface area contributed by atoms with Crippen LogP contribution < -0.4 is 20.3 Å². The Kier molecular flexibility index (Phi) is 5.40. The molecule has 1 amide bonds. The monoisotopic (exact) mass is 367 g/mol. The first-order valence-electron chi connectivity index (χ1n) is 8.71. The highest BCUT2D eigenvalue weighted by Gasteiger charge is 2.17. The quantitative estimate of drug-likeness (QED) is 0.724. The molecule has 7 heteroatoms. The third kappa shape index (κ3) is 3.62. The van der Waals surface area contributed by atoms with Gasteiger partial charge in [-0.25, -0.2) is 4.68 Å². The Labute approximate surface area is 156 Å². The number of carbonyl (C=O) groups is 1. The Morgan fingerprint density at radius 1 is 1.11 bits per heavy atom. The number of hydrogen-bond donors (Lipinski definition) is 1. The van der Waals surface area contributed by atoms with Crippen molar-refractivity contribution < 1.29 is 14.3 Å². The molecule has 0 bridgehead atoms. The van der Waals surface area contributed by atoms with Crippen LogP contribution in [0.2, 0.25) is 0 Å². The lowest BCUT2D eigenvalue weighted by molar-refractivity contribution is 0.102. The summed E-state index contributed by atoms with van der Waals surface area (Å²) in [6, 6.07) is 12.1. The highest BCUT2D eigenvalue weighted by molar-refractivity contribution is 6.11. The second-order valence-corrected chi connectivity index (χ2v) is 5.77. The van der Waals surface area contributed by atoms with Crippen molar-refractivity contribution in [3.63, 3.8) is 0 Å². The molecular weight excluding hydrogens is 346 g/mol.